The standard InChI is InChI=1S/C18H27N3O2/c1-2-19-7-9-21(10-8-19)18(22)17-5-3-16(4-6-17)15-20-11-13-23-14-12-20/h3-6H,2,7-15H2,1H3/p+2. The van der Waals surface area contributed by atoms with Gasteiger partial charge in [-0.05, 0) is 19.1 Å². The third kappa shape index (κ3) is 4.31. The number of hydrogen-bond acceptors (Lipinski definition) is 2. The second-order valence-electron chi connectivity index (χ2n) is 6.63. The summed E-state index contributed by atoms with van der Waals surface area (Å²) in [5, 5.41) is 0. The van der Waals surface area contributed by atoms with Crippen molar-refractivity contribution in [2.75, 3.05) is 59.0 Å². The smallest absolute Gasteiger partial charge is 0.254 e. The maximum atomic E-state index is 12.6. The van der Waals surface area contributed by atoms with Crippen LogP contribution in [0, 0.1) is 0 Å². The van der Waals surface area contributed by atoms with Crippen molar-refractivity contribution >= 4 is 5.91 Å². The van der Waals surface area contributed by atoms with Crippen LogP contribution in [0.25, 0.3) is 0 Å². The topological polar surface area (TPSA) is 38.4 Å². The van der Waals surface area contributed by atoms with Gasteiger partial charge in [0.25, 0.3) is 5.91 Å². The molecule has 2 aliphatic heterocycles. The molecule has 0 saturated carbocycles. The highest BCUT2D eigenvalue weighted by molar-refractivity contribution is 5.94. The summed E-state index contributed by atoms with van der Waals surface area (Å²) in [6.45, 7) is 12.1. The molecular formula is C18H29N3O2+2. The second kappa shape index (κ2) is 7.90. The molecule has 0 spiro atoms. The number of rotatable bonds is 4. The lowest BCUT2D eigenvalue weighted by atomic mass is 10.1. The van der Waals surface area contributed by atoms with Crippen LogP contribution in [0.4, 0.5) is 0 Å². The van der Waals surface area contributed by atoms with E-state index in [2.05, 4.69) is 19.1 Å². The summed E-state index contributed by atoms with van der Waals surface area (Å²) >= 11 is 0. The fraction of sp³-hybridized carbons (Fsp3) is 0.611. The summed E-state index contributed by atoms with van der Waals surface area (Å²) < 4.78 is 5.40. The molecule has 23 heavy (non-hydrogen) atoms. The molecule has 2 saturated heterocycles. The highest BCUT2D eigenvalue weighted by Gasteiger charge is 2.23. The molecule has 0 unspecified atom stereocenters. The number of amides is 1. The van der Waals surface area contributed by atoms with Gasteiger partial charge in [0, 0.05) is 11.1 Å². The monoisotopic (exact) mass is 319 g/mol. The largest absolute Gasteiger partial charge is 0.370 e. The Bertz CT molecular complexity index is 504. The molecule has 126 valence electrons. The maximum Gasteiger partial charge on any atom is 0.254 e. The minimum Gasteiger partial charge on any atom is -0.370 e. The third-order valence-electron chi connectivity index (χ3n) is 5.11. The Morgan fingerprint density at radius 1 is 1.04 bits per heavy atom. The number of ether oxygens (including phenoxy) is 1. The molecule has 2 aliphatic rings. The number of piperazine rings is 1. The lowest BCUT2D eigenvalue weighted by Gasteiger charge is -2.31. The number of benzene rings is 1. The van der Waals surface area contributed by atoms with Gasteiger partial charge in [-0.15, -0.1) is 0 Å². The van der Waals surface area contributed by atoms with E-state index in [4.69, 9.17) is 4.74 Å². The number of nitrogens with zero attached hydrogens (tertiary/aromatic N) is 1. The third-order valence-corrected chi connectivity index (χ3v) is 5.11. The van der Waals surface area contributed by atoms with Crippen molar-refractivity contribution in [3.63, 3.8) is 0 Å². The molecule has 2 N–H and O–H groups in total. The molecule has 0 aliphatic carbocycles. The van der Waals surface area contributed by atoms with Crippen molar-refractivity contribution in [1.82, 2.24) is 4.90 Å². The highest BCUT2D eigenvalue weighted by Crippen LogP contribution is 2.08. The molecule has 1 aromatic carbocycles. The van der Waals surface area contributed by atoms with Crippen LogP contribution < -0.4 is 9.80 Å². The Hall–Kier alpha value is -1.43. The molecule has 3 rings (SSSR count). The SMILES string of the molecule is CC[NH+]1CCN(C(=O)c2ccc(C[NH+]3CCOCC3)cc2)CC1. The van der Waals surface area contributed by atoms with Crippen molar-refractivity contribution in [2.45, 2.75) is 13.5 Å². The predicted molar refractivity (Wildman–Crippen MR) is 88.8 cm³/mol. The molecular weight excluding hydrogens is 290 g/mol. The van der Waals surface area contributed by atoms with Gasteiger partial charge in [-0.2, -0.15) is 0 Å². The summed E-state index contributed by atoms with van der Waals surface area (Å²) in [5.41, 5.74) is 2.13. The Labute approximate surface area is 138 Å². The number of likely N-dealkylation sites (N-methyl/N-ethyl adjacent to an activating group) is 1. The van der Waals surface area contributed by atoms with Gasteiger partial charge in [-0.25, -0.2) is 0 Å². The van der Waals surface area contributed by atoms with E-state index in [9.17, 15) is 4.79 Å². The molecule has 0 atom stereocenters. The van der Waals surface area contributed by atoms with Gasteiger partial charge in [0.1, 0.15) is 19.6 Å². The van der Waals surface area contributed by atoms with Gasteiger partial charge in [-0.3, -0.25) is 4.79 Å². The first-order valence-electron chi connectivity index (χ1n) is 8.89. The quantitative estimate of drug-likeness (QED) is 0.706. The number of carbonyl (C=O) groups is 1. The fourth-order valence-electron chi connectivity index (χ4n) is 3.45. The van der Waals surface area contributed by atoms with Gasteiger partial charge in [0.2, 0.25) is 0 Å². The molecule has 2 fully saturated rings. The first kappa shape index (κ1) is 16.4. The Morgan fingerprint density at radius 3 is 2.30 bits per heavy atom. The van der Waals surface area contributed by atoms with Crippen LogP contribution in [0.2, 0.25) is 0 Å². The number of carbonyl (C=O) groups excluding carboxylic acids is 1. The first-order chi connectivity index (χ1) is 11.3. The summed E-state index contributed by atoms with van der Waals surface area (Å²) in [6, 6.07) is 8.22. The van der Waals surface area contributed by atoms with E-state index in [0.29, 0.717) is 0 Å². The molecule has 1 aromatic rings. The molecule has 1 amide bonds. The Morgan fingerprint density at radius 2 is 1.70 bits per heavy atom. The lowest BCUT2D eigenvalue weighted by molar-refractivity contribution is -0.921. The van der Waals surface area contributed by atoms with Crippen LogP contribution in [0.1, 0.15) is 22.8 Å². The number of morpholine rings is 1. The lowest BCUT2D eigenvalue weighted by Crippen LogP contribution is -3.14. The average molecular weight is 319 g/mol. The summed E-state index contributed by atoms with van der Waals surface area (Å²) in [6.07, 6.45) is 0. The van der Waals surface area contributed by atoms with Crippen molar-refractivity contribution in [1.29, 1.82) is 0 Å². The van der Waals surface area contributed by atoms with E-state index >= 15 is 0 Å². The van der Waals surface area contributed by atoms with Gasteiger partial charge in [0.05, 0.1) is 45.9 Å². The van der Waals surface area contributed by atoms with Crippen molar-refractivity contribution < 1.29 is 19.3 Å². The van der Waals surface area contributed by atoms with E-state index in [1.54, 1.807) is 9.80 Å². The van der Waals surface area contributed by atoms with Crippen molar-refractivity contribution in [2.24, 2.45) is 0 Å². The van der Waals surface area contributed by atoms with E-state index in [0.717, 1.165) is 71.1 Å². The van der Waals surface area contributed by atoms with Gasteiger partial charge in [0.15, 0.2) is 0 Å². The normalized spacial score (nSPS) is 20.7. The Balaban J connectivity index is 1.55. The summed E-state index contributed by atoms with van der Waals surface area (Å²) in [5.74, 6) is 0.186. The molecule has 0 aromatic heterocycles. The van der Waals surface area contributed by atoms with Crippen LogP contribution in [-0.4, -0.2) is 69.8 Å². The number of quaternary nitrogens is 2. The zero-order valence-corrected chi connectivity index (χ0v) is 14.1. The average Bonchev–Trinajstić information content (AvgIpc) is 2.63. The van der Waals surface area contributed by atoms with E-state index in [1.165, 1.54) is 5.56 Å². The van der Waals surface area contributed by atoms with E-state index in [1.807, 2.05) is 17.0 Å². The molecule has 0 radical (unpaired) electrons. The maximum absolute atomic E-state index is 12.6. The number of hydrogen-bond donors (Lipinski definition) is 2. The van der Waals surface area contributed by atoms with Gasteiger partial charge < -0.3 is 19.4 Å². The van der Waals surface area contributed by atoms with Gasteiger partial charge >= 0.3 is 0 Å². The molecule has 0 bridgehead atoms. The summed E-state index contributed by atoms with van der Waals surface area (Å²) in [7, 11) is 0. The van der Waals surface area contributed by atoms with Gasteiger partial charge in [-0.1, -0.05) is 12.1 Å². The molecule has 2 heterocycles. The predicted octanol–water partition coefficient (Wildman–Crippen LogP) is -1.54. The number of nitrogens with one attached hydrogen (secondary N) is 2. The summed E-state index contributed by atoms with van der Waals surface area (Å²) in [4.78, 5) is 17.8. The second-order valence-corrected chi connectivity index (χ2v) is 6.63. The fourth-order valence-corrected chi connectivity index (χ4v) is 3.45. The Kier molecular flexibility index (Phi) is 5.65. The van der Waals surface area contributed by atoms with Crippen LogP contribution in [-0.2, 0) is 11.3 Å². The molecule has 5 heteroatoms. The van der Waals surface area contributed by atoms with Crippen LogP contribution >= 0.6 is 0 Å². The minimum absolute atomic E-state index is 0.186. The first-order valence-corrected chi connectivity index (χ1v) is 8.89. The zero-order valence-electron chi connectivity index (χ0n) is 14.1. The van der Waals surface area contributed by atoms with E-state index in [-0.39, 0.29) is 5.91 Å². The van der Waals surface area contributed by atoms with E-state index < -0.39 is 0 Å². The van der Waals surface area contributed by atoms with Crippen LogP contribution in [0.5, 0.6) is 0 Å². The van der Waals surface area contributed by atoms with Crippen molar-refractivity contribution in [3.8, 4) is 0 Å². The van der Waals surface area contributed by atoms with Crippen LogP contribution in [0.3, 0.4) is 0 Å². The molecule has 5 nitrogen and oxygen atoms in total. The van der Waals surface area contributed by atoms with Crippen LogP contribution in [0.15, 0.2) is 24.3 Å². The minimum atomic E-state index is 0.186. The zero-order chi connectivity index (χ0) is 16.1. The van der Waals surface area contributed by atoms with Crippen molar-refractivity contribution in [3.05, 3.63) is 35.4 Å². The highest BCUT2D eigenvalue weighted by atomic mass is 16.5.